The van der Waals surface area contributed by atoms with E-state index in [1.807, 2.05) is 0 Å². The van der Waals surface area contributed by atoms with Crippen LogP contribution in [0.4, 0.5) is 0 Å². The predicted molar refractivity (Wildman–Crippen MR) is 67.2 cm³/mol. The van der Waals surface area contributed by atoms with E-state index >= 15 is 0 Å². The van der Waals surface area contributed by atoms with Gasteiger partial charge in [0, 0.05) is 6.04 Å². The second-order valence-electron chi connectivity index (χ2n) is 5.04. The van der Waals surface area contributed by atoms with E-state index in [0.717, 1.165) is 25.7 Å². The SMILES string of the molecule is N[C@@H]1CCCCC1N1C(=O)c2ccccc2C1=O. The first-order valence-electron chi connectivity index (χ1n) is 6.42. The molecule has 1 unspecified atom stereocenters. The van der Waals surface area contributed by atoms with Crippen molar-refractivity contribution in [1.29, 1.82) is 0 Å². The van der Waals surface area contributed by atoms with Crippen LogP contribution in [-0.4, -0.2) is 28.8 Å². The van der Waals surface area contributed by atoms with Gasteiger partial charge in [0.05, 0.1) is 17.2 Å². The lowest BCUT2D eigenvalue weighted by Gasteiger charge is -2.34. The summed E-state index contributed by atoms with van der Waals surface area (Å²) in [5.74, 6) is -0.365. The van der Waals surface area contributed by atoms with Gasteiger partial charge in [-0.25, -0.2) is 0 Å². The quantitative estimate of drug-likeness (QED) is 0.762. The van der Waals surface area contributed by atoms with E-state index in [0.29, 0.717) is 11.1 Å². The van der Waals surface area contributed by atoms with E-state index in [-0.39, 0.29) is 23.9 Å². The molecule has 1 heterocycles. The van der Waals surface area contributed by atoms with E-state index < -0.39 is 0 Å². The fourth-order valence-electron chi connectivity index (χ4n) is 2.97. The van der Waals surface area contributed by atoms with Gasteiger partial charge in [-0.2, -0.15) is 0 Å². The van der Waals surface area contributed by atoms with Crippen LogP contribution in [0.1, 0.15) is 46.4 Å². The van der Waals surface area contributed by atoms with Crippen LogP contribution in [0.25, 0.3) is 0 Å². The number of hydrogen-bond donors (Lipinski definition) is 1. The number of carbonyl (C=O) groups is 2. The molecule has 0 spiro atoms. The second kappa shape index (κ2) is 4.21. The maximum Gasteiger partial charge on any atom is 0.261 e. The Kier molecular flexibility index (Phi) is 2.67. The standard InChI is InChI=1S/C14H16N2O2/c15-11-7-3-4-8-12(11)16-13(17)9-5-1-2-6-10(9)14(16)18/h1-2,5-6,11-12H,3-4,7-8,15H2/t11-,12?/m1/s1. The van der Waals surface area contributed by atoms with Crippen LogP contribution in [0, 0.1) is 0 Å². The summed E-state index contributed by atoms with van der Waals surface area (Å²) in [5, 5.41) is 0. The first-order chi connectivity index (χ1) is 8.70. The maximum atomic E-state index is 12.3. The average Bonchev–Trinajstić information content (AvgIpc) is 2.64. The number of fused-ring (bicyclic) bond motifs is 1. The third kappa shape index (κ3) is 1.56. The third-order valence-electron chi connectivity index (χ3n) is 3.94. The number of hydrogen-bond acceptors (Lipinski definition) is 3. The second-order valence-corrected chi connectivity index (χ2v) is 5.04. The lowest BCUT2D eigenvalue weighted by Crippen LogP contribution is -2.51. The van der Waals surface area contributed by atoms with Crippen LogP contribution in [0.5, 0.6) is 0 Å². The lowest BCUT2D eigenvalue weighted by atomic mass is 9.90. The normalized spacial score (nSPS) is 27.5. The van der Waals surface area contributed by atoms with E-state index in [2.05, 4.69) is 0 Å². The fraction of sp³-hybridized carbons (Fsp3) is 0.429. The number of imide groups is 1. The molecule has 2 N–H and O–H groups in total. The molecule has 1 aliphatic heterocycles. The summed E-state index contributed by atoms with van der Waals surface area (Å²) in [4.78, 5) is 26.0. The zero-order valence-electron chi connectivity index (χ0n) is 10.1. The molecule has 0 aromatic heterocycles. The maximum absolute atomic E-state index is 12.3. The van der Waals surface area contributed by atoms with Crippen molar-refractivity contribution in [3.63, 3.8) is 0 Å². The number of nitrogens with two attached hydrogens (primary N) is 1. The summed E-state index contributed by atoms with van der Waals surface area (Å²) in [6.45, 7) is 0. The highest BCUT2D eigenvalue weighted by Gasteiger charge is 2.42. The number of nitrogens with zero attached hydrogens (tertiary/aromatic N) is 1. The Hall–Kier alpha value is -1.68. The Morgan fingerprint density at radius 3 is 2.11 bits per heavy atom. The molecule has 0 radical (unpaired) electrons. The topological polar surface area (TPSA) is 63.4 Å². The fourth-order valence-corrected chi connectivity index (χ4v) is 2.97. The van der Waals surface area contributed by atoms with E-state index in [1.54, 1.807) is 24.3 Å². The Morgan fingerprint density at radius 2 is 1.56 bits per heavy atom. The monoisotopic (exact) mass is 244 g/mol. The molecule has 2 amide bonds. The minimum absolute atomic E-state index is 0.0824. The molecule has 1 fully saturated rings. The minimum atomic E-state index is -0.182. The first kappa shape index (κ1) is 11.4. The van der Waals surface area contributed by atoms with Gasteiger partial charge in [-0.05, 0) is 25.0 Å². The van der Waals surface area contributed by atoms with Crippen molar-refractivity contribution in [2.75, 3.05) is 0 Å². The predicted octanol–water partition coefficient (Wildman–Crippen LogP) is 1.55. The van der Waals surface area contributed by atoms with Gasteiger partial charge in [0.15, 0.2) is 0 Å². The number of amides is 2. The largest absolute Gasteiger partial charge is 0.326 e. The van der Waals surface area contributed by atoms with E-state index in [9.17, 15) is 9.59 Å². The highest BCUT2D eigenvalue weighted by molar-refractivity contribution is 6.21. The van der Waals surface area contributed by atoms with Crippen LogP contribution in [0.3, 0.4) is 0 Å². The van der Waals surface area contributed by atoms with Gasteiger partial charge in [0.1, 0.15) is 0 Å². The molecule has 1 aromatic carbocycles. The Balaban J connectivity index is 1.96. The molecule has 1 aliphatic carbocycles. The Morgan fingerprint density at radius 1 is 1.00 bits per heavy atom. The van der Waals surface area contributed by atoms with Crippen LogP contribution in [0.2, 0.25) is 0 Å². The molecular formula is C14H16N2O2. The lowest BCUT2D eigenvalue weighted by molar-refractivity contribution is 0.0525. The van der Waals surface area contributed by atoms with Crippen molar-refractivity contribution in [3.8, 4) is 0 Å². The molecule has 2 atom stereocenters. The van der Waals surface area contributed by atoms with Crippen molar-refractivity contribution in [3.05, 3.63) is 35.4 Å². The summed E-state index contributed by atoms with van der Waals surface area (Å²) in [6, 6.07) is 6.78. The van der Waals surface area contributed by atoms with Crippen molar-refractivity contribution in [2.45, 2.75) is 37.8 Å². The van der Waals surface area contributed by atoms with Gasteiger partial charge in [-0.3, -0.25) is 14.5 Å². The summed E-state index contributed by atoms with van der Waals surface area (Å²) in [6.07, 6.45) is 3.83. The molecule has 3 rings (SSSR count). The van der Waals surface area contributed by atoms with Crippen molar-refractivity contribution in [2.24, 2.45) is 5.73 Å². The Bertz CT molecular complexity index is 477. The highest BCUT2D eigenvalue weighted by Crippen LogP contribution is 2.30. The number of benzene rings is 1. The van der Waals surface area contributed by atoms with Gasteiger partial charge >= 0.3 is 0 Å². The number of carbonyl (C=O) groups excluding carboxylic acids is 2. The summed E-state index contributed by atoms with van der Waals surface area (Å²) >= 11 is 0. The molecule has 1 saturated carbocycles. The first-order valence-corrected chi connectivity index (χ1v) is 6.42. The molecule has 94 valence electrons. The van der Waals surface area contributed by atoms with Crippen LogP contribution in [-0.2, 0) is 0 Å². The smallest absolute Gasteiger partial charge is 0.261 e. The minimum Gasteiger partial charge on any atom is -0.326 e. The zero-order valence-corrected chi connectivity index (χ0v) is 10.1. The Labute approximate surface area is 106 Å². The molecule has 4 heteroatoms. The van der Waals surface area contributed by atoms with Gasteiger partial charge in [0.25, 0.3) is 11.8 Å². The molecule has 1 aromatic rings. The van der Waals surface area contributed by atoms with Crippen molar-refractivity contribution in [1.82, 2.24) is 4.90 Å². The molecular weight excluding hydrogens is 228 g/mol. The third-order valence-corrected chi connectivity index (χ3v) is 3.94. The van der Waals surface area contributed by atoms with E-state index in [1.165, 1.54) is 4.90 Å². The molecule has 18 heavy (non-hydrogen) atoms. The van der Waals surface area contributed by atoms with Crippen LogP contribution >= 0.6 is 0 Å². The summed E-state index contributed by atoms with van der Waals surface area (Å²) in [5.41, 5.74) is 7.10. The zero-order chi connectivity index (χ0) is 12.7. The molecule has 0 bridgehead atoms. The highest BCUT2D eigenvalue weighted by atomic mass is 16.2. The molecule has 0 saturated heterocycles. The summed E-state index contributed by atoms with van der Waals surface area (Å²) in [7, 11) is 0. The average molecular weight is 244 g/mol. The van der Waals surface area contributed by atoms with Gasteiger partial charge in [0.2, 0.25) is 0 Å². The van der Waals surface area contributed by atoms with Crippen LogP contribution < -0.4 is 5.73 Å². The van der Waals surface area contributed by atoms with Crippen LogP contribution in [0.15, 0.2) is 24.3 Å². The van der Waals surface area contributed by atoms with Crippen molar-refractivity contribution < 1.29 is 9.59 Å². The number of rotatable bonds is 1. The van der Waals surface area contributed by atoms with E-state index in [4.69, 9.17) is 5.73 Å². The molecule has 4 nitrogen and oxygen atoms in total. The summed E-state index contributed by atoms with van der Waals surface area (Å²) < 4.78 is 0. The molecule has 2 aliphatic rings. The van der Waals surface area contributed by atoms with Gasteiger partial charge in [-0.15, -0.1) is 0 Å². The van der Waals surface area contributed by atoms with Crippen molar-refractivity contribution >= 4 is 11.8 Å². The van der Waals surface area contributed by atoms with Gasteiger partial charge in [-0.1, -0.05) is 25.0 Å². The van der Waals surface area contributed by atoms with Gasteiger partial charge < -0.3 is 5.73 Å².